The van der Waals surface area contributed by atoms with Crippen molar-refractivity contribution in [3.8, 4) is 5.75 Å². The maximum atomic E-state index is 12.4. The Morgan fingerprint density at radius 2 is 1.96 bits per heavy atom. The number of amides is 1. The SMILES string of the molecule is CCOc1cccc(CNC(=O)[C@@H](CC)Sc2ccc(Cl)cc2)c1. The lowest BCUT2D eigenvalue weighted by Crippen LogP contribution is -2.31. The van der Waals surface area contributed by atoms with Gasteiger partial charge in [0.2, 0.25) is 5.91 Å². The van der Waals surface area contributed by atoms with Gasteiger partial charge in [-0.05, 0) is 55.3 Å². The Morgan fingerprint density at radius 3 is 2.62 bits per heavy atom. The van der Waals surface area contributed by atoms with Crippen LogP contribution < -0.4 is 10.1 Å². The second kappa shape index (κ2) is 9.60. The third-order valence-electron chi connectivity index (χ3n) is 3.43. The normalized spacial score (nSPS) is 11.8. The van der Waals surface area contributed by atoms with Crippen molar-refractivity contribution in [1.29, 1.82) is 0 Å². The van der Waals surface area contributed by atoms with Crippen LogP contribution in [0.3, 0.4) is 0 Å². The highest BCUT2D eigenvalue weighted by molar-refractivity contribution is 8.00. The molecule has 5 heteroatoms. The van der Waals surface area contributed by atoms with Gasteiger partial charge in [-0.1, -0.05) is 30.7 Å². The molecule has 0 aliphatic heterocycles. The van der Waals surface area contributed by atoms with Crippen molar-refractivity contribution in [2.45, 2.75) is 37.0 Å². The number of carbonyl (C=O) groups excluding carboxylic acids is 1. The van der Waals surface area contributed by atoms with Crippen LogP contribution in [0.1, 0.15) is 25.8 Å². The van der Waals surface area contributed by atoms with Gasteiger partial charge in [0.05, 0.1) is 11.9 Å². The lowest BCUT2D eigenvalue weighted by Gasteiger charge is -2.15. The van der Waals surface area contributed by atoms with E-state index in [1.165, 1.54) is 0 Å². The van der Waals surface area contributed by atoms with E-state index in [0.29, 0.717) is 18.2 Å². The zero-order valence-corrected chi connectivity index (χ0v) is 15.5. The van der Waals surface area contributed by atoms with Gasteiger partial charge < -0.3 is 10.1 Å². The molecule has 0 bridgehead atoms. The fourth-order valence-corrected chi connectivity index (χ4v) is 3.32. The van der Waals surface area contributed by atoms with E-state index in [9.17, 15) is 4.79 Å². The lowest BCUT2D eigenvalue weighted by molar-refractivity contribution is -0.120. The zero-order chi connectivity index (χ0) is 17.4. The van der Waals surface area contributed by atoms with E-state index in [-0.39, 0.29) is 11.2 Å². The molecular formula is C19H22ClNO2S. The fourth-order valence-electron chi connectivity index (χ4n) is 2.21. The van der Waals surface area contributed by atoms with Crippen molar-refractivity contribution >= 4 is 29.3 Å². The summed E-state index contributed by atoms with van der Waals surface area (Å²) in [5, 5.41) is 3.59. The molecule has 0 aliphatic rings. The molecule has 0 unspecified atom stereocenters. The van der Waals surface area contributed by atoms with Gasteiger partial charge in [0.25, 0.3) is 0 Å². The highest BCUT2D eigenvalue weighted by Gasteiger charge is 2.17. The Bertz CT molecular complexity index is 661. The molecule has 2 aromatic carbocycles. The van der Waals surface area contributed by atoms with Crippen LogP contribution in [0.15, 0.2) is 53.4 Å². The summed E-state index contributed by atoms with van der Waals surface area (Å²) < 4.78 is 5.48. The van der Waals surface area contributed by atoms with Crippen molar-refractivity contribution in [3.63, 3.8) is 0 Å². The highest BCUT2D eigenvalue weighted by Crippen LogP contribution is 2.27. The summed E-state index contributed by atoms with van der Waals surface area (Å²) in [5.74, 6) is 0.867. The van der Waals surface area contributed by atoms with E-state index < -0.39 is 0 Å². The van der Waals surface area contributed by atoms with Crippen molar-refractivity contribution in [2.75, 3.05) is 6.61 Å². The van der Waals surface area contributed by atoms with Gasteiger partial charge in [0.15, 0.2) is 0 Å². The van der Waals surface area contributed by atoms with Gasteiger partial charge in [-0.3, -0.25) is 4.79 Å². The van der Waals surface area contributed by atoms with E-state index in [1.807, 2.05) is 62.4 Å². The number of halogens is 1. The first-order valence-electron chi connectivity index (χ1n) is 8.04. The van der Waals surface area contributed by atoms with E-state index in [1.54, 1.807) is 11.8 Å². The number of rotatable bonds is 8. The van der Waals surface area contributed by atoms with Gasteiger partial charge in [-0.25, -0.2) is 0 Å². The van der Waals surface area contributed by atoms with E-state index in [0.717, 1.165) is 22.6 Å². The van der Waals surface area contributed by atoms with Crippen LogP contribution in [0.25, 0.3) is 0 Å². The predicted molar refractivity (Wildman–Crippen MR) is 101 cm³/mol. The third-order valence-corrected chi connectivity index (χ3v) is 5.06. The Kier molecular flexibility index (Phi) is 7.47. The summed E-state index contributed by atoms with van der Waals surface area (Å²) in [6.45, 7) is 5.10. The first kappa shape index (κ1) is 18.7. The van der Waals surface area contributed by atoms with Crippen LogP contribution in [0.5, 0.6) is 5.75 Å². The average molecular weight is 364 g/mol. The van der Waals surface area contributed by atoms with Crippen molar-refractivity contribution in [1.82, 2.24) is 5.32 Å². The van der Waals surface area contributed by atoms with Gasteiger partial charge in [0, 0.05) is 16.5 Å². The summed E-state index contributed by atoms with van der Waals surface area (Å²) in [6.07, 6.45) is 0.762. The monoisotopic (exact) mass is 363 g/mol. The molecule has 0 aliphatic carbocycles. The molecule has 2 aromatic rings. The minimum absolute atomic E-state index is 0.0410. The van der Waals surface area contributed by atoms with E-state index >= 15 is 0 Å². The maximum absolute atomic E-state index is 12.4. The molecule has 0 spiro atoms. The maximum Gasteiger partial charge on any atom is 0.233 e. The molecule has 0 radical (unpaired) electrons. The van der Waals surface area contributed by atoms with Crippen molar-refractivity contribution in [2.24, 2.45) is 0 Å². The van der Waals surface area contributed by atoms with Gasteiger partial charge in [-0.2, -0.15) is 0 Å². The molecule has 24 heavy (non-hydrogen) atoms. The number of benzene rings is 2. The molecule has 3 nitrogen and oxygen atoms in total. The van der Waals surface area contributed by atoms with E-state index in [2.05, 4.69) is 5.32 Å². The molecule has 2 rings (SSSR count). The van der Waals surface area contributed by atoms with E-state index in [4.69, 9.17) is 16.3 Å². The van der Waals surface area contributed by atoms with Crippen molar-refractivity contribution < 1.29 is 9.53 Å². The molecule has 0 aromatic heterocycles. The molecule has 128 valence electrons. The van der Waals surface area contributed by atoms with Crippen LogP contribution >= 0.6 is 23.4 Å². The standard InChI is InChI=1S/C19H22ClNO2S/c1-3-18(24-17-10-8-15(20)9-11-17)19(22)21-13-14-6-5-7-16(12-14)23-4-2/h5-12,18H,3-4,13H2,1-2H3,(H,21,22)/t18-/m1/s1. The molecule has 0 fully saturated rings. The minimum atomic E-state index is -0.124. The predicted octanol–water partition coefficient (Wildman–Crippen LogP) is 4.93. The lowest BCUT2D eigenvalue weighted by atomic mass is 10.2. The highest BCUT2D eigenvalue weighted by atomic mass is 35.5. The van der Waals surface area contributed by atoms with Crippen LogP contribution in [0, 0.1) is 0 Å². The fraction of sp³-hybridized carbons (Fsp3) is 0.316. The number of hydrogen-bond donors (Lipinski definition) is 1. The molecule has 0 saturated carbocycles. The Balaban J connectivity index is 1.91. The summed E-state index contributed by atoms with van der Waals surface area (Å²) in [7, 11) is 0. The zero-order valence-electron chi connectivity index (χ0n) is 13.9. The number of thioether (sulfide) groups is 1. The molecule has 1 N–H and O–H groups in total. The van der Waals surface area contributed by atoms with Gasteiger partial charge >= 0.3 is 0 Å². The van der Waals surface area contributed by atoms with Crippen LogP contribution in [0.2, 0.25) is 5.02 Å². The molecule has 1 atom stereocenters. The summed E-state index contributed by atoms with van der Waals surface area (Å²) in [6, 6.07) is 15.4. The topological polar surface area (TPSA) is 38.3 Å². The van der Waals surface area contributed by atoms with Crippen LogP contribution in [0.4, 0.5) is 0 Å². The number of ether oxygens (including phenoxy) is 1. The second-order valence-corrected chi connectivity index (χ2v) is 6.98. The van der Waals surface area contributed by atoms with Crippen LogP contribution in [-0.4, -0.2) is 17.8 Å². The second-order valence-electron chi connectivity index (χ2n) is 5.27. The molecule has 0 heterocycles. The number of hydrogen-bond acceptors (Lipinski definition) is 3. The first-order valence-corrected chi connectivity index (χ1v) is 9.29. The Labute approximate surface area is 152 Å². The third kappa shape index (κ3) is 5.77. The number of carbonyl (C=O) groups is 1. The Morgan fingerprint density at radius 1 is 1.21 bits per heavy atom. The molecule has 0 saturated heterocycles. The first-order chi connectivity index (χ1) is 11.6. The minimum Gasteiger partial charge on any atom is -0.494 e. The van der Waals surface area contributed by atoms with Gasteiger partial charge in [-0.15, -0.1) is 11.8 Å². The molecular weight excluding hydrogens is 342 g/mol. The smallest absolute Gasteiger partial charge is 0.233 e. The van der Waals surface area contributed by atoms with Crippen molar-refractivity contribution in [3.05, 3.63) is 59.1 Å². The summed E-state index contributed by atoms with van der Waals surface area (Å²) in [5.41, 5.74) is 1.03. The number of nitrogens with one attached hydrogen (secondary N) is 1. The Hall–Kier alpha value is -1.65. The average Bonchev–Trinajstić information content (AvgIpc) is 2.60. The quantitative estimate of drug-likeness (QED) is 0.676. The van der Waals surface area contributed by atoms with Crippen LogP contribution in [-0.2, 0) is 11.3 Å². The summed E-state index contributed by atoms with van der Waals surface area (Å²) in [4.78, 5) is 13.5. The van der Waals surface area contributed by atoms with Gasteiger partial charge in [0.1, 0.15) is 5.75 Å². The molecule has 1 amide bonds. The summed E-state index contributed by atoms with van der Waals surface area (Å²) >= 11 is 7.46. The largest absolute Gasteiger partial charge is 0.494 e.